The molecule has 0 aliphatic heterocycles. The lowest BCUT2D eigenvalue weighted by atomic mass is 10.2. The van der Waals surface area contributed by atoms with Crippen molar-refractivity contribution in [1.29, 1.82) is 0 Å². The van der Waals surface area contributed by atoms with Crippen LogP contribution in [-0.4, -0.2) is 26.6 Å². The minimum atomic E-state index is -1.25. The summed E-state index contributed by atoms with van der Waals surface area (Å²) in [6.45, 7) is 1.90. The fourth-order valence-electron chi connectivity index (χ4n) is 1.23. The average molecular weight is 264 g/mol. The van der Waals surface area contributed by atoms with Crippen molar-refractivity contribution in [3.63, 3.8) is 0 Å². The molecular weight excluding hydrogens is 256 g/mol. The van der Waals surface area contributed by atoms with E-state index >= 15 is 0 Å². The average Bonchev–Trinajstić information content (AvgIpc) is 2.81. The van der Waals surface area contributed by atoms with Crippen LogP contribution >= 0.6 is 11.5 Å². The molecule has 0 aliphatic carbocycles. The summed E-state index contributed by atoms with van der Waals surface area (Å²) in [5.41, 5.74) is 0.740. The van der Waals surface area contributed by atoms with Crippen molar-refractivity contribution in [3.05, 3.63) is 40.4 Å². The number of carbonyl (C=O) groups excluding carboxylic acids is 1. The molecule has 0 fully saturated rings. The monoisotopic (exact) mass is 264 g/mol. The Bertz CT molecular complexity index is 591. The zero-order valence-electron chi connectivity index (χ0n) is 9.28. The molecule has 7 heteroatoms. The van der Waals surface area contributed by atoms with E-state index in [0.717, 1.165) is 5.56 Å². The standard InChI is InChI=1S/C11H8N2O4S/c1-6-2-4-7(5-3-6)17-11(16)8-9(10(14)15)18-13-12-8/h2-5H,1H3,(H,14,15). The van der Waals surface area contributed by atoms with Crippen LogP contribution in [-0.2, 0) is 0 Å². The summed E-state index contributed by atoms with van der Waals surface area (Å²) in [6, 6.07) is 6.79. The number of benzene rings is 1. The Balaban J connectivity index is 2.19. The number of nitrogens with zero attached hydrogens (tertiary/aromatic N) is 2. The van der Waals surface area contributed by atoms with Crippen LogP contribution in [0.2, 0.25) is 0 Å². The molecule has 2 aromatic rings. The third-order valence-corrected chi connectivity index (χ3v) is 2.82. The van der Waals surface area contributed by atoms with Gasteiger partial charge in [0.05, 0.1) is 0 Å². The number of hydrogen-bond acceptors (Lipinski definition) is 6. The lowest BCUT2D eigenvalue weighted by molar-refractivity contribution is 0.0669. The fraction of sp³-hybridized carbons (Fsp3) is 0.0909. The minimum absolute atomic E-state index is 0.230. The fourth-order valence-corrected chi connectivity index (χ4v) is 1.72. The highest BCUT2D eigenvalue weighted by atomic mass is 32.1. The molecule has 1 aromatic heterocycles. The van der Waals surface area contributed by atoms with Gasteiger partial charge in [0, 0.05) is 0 Å². The van der Waals surface area contributed by atoms with Crippen molar-refractivity contribution >= 4 is 23.5 Å². The zero-order chi connectivity index (χ0) is 13.1. The van der Waals surface area contributed by atoms with E-state index in [9.17, 15) is 9.59 Å². The molecule has 0 amide bonds. The maximum absolute atomic E-state index is 11.7. The summed E-state index contributed by atoms with van der Waals surface area (Å²) >= 11 is 0.638. The van der Waals surface area contributed by atoms with Crippen molar-refractivity contribution in [2.24, 2.45) is 0 Å². The van der Waals surface area contributed by atoms with E-state index in [1.54, 1.807) is 24.3 Å². The first-order chi connectivity index (χ1) is 8.58. The van der Waals surface area contributed by atoms with Crippen LogP contribution in [0.25, 0.3) is 0 Å². The number of rotatable bonds is 3. The molecule has 0 saturated heterocycles. The first-order valence-electron chi connectivity index (χ1n) is 4.92. The lowest BCUT2D eigenvalue weighted by Gasteiger charge is -2.02. The molecule has 0 atom stereocenters. The van der Waals surface area contributed by atoms with Gasteiger partial charge in [-0.15, -0.1) is 5.10 Å². The number of aromatic nitrogens is 2. The van der Waals surface area contributed by atoms with Crippen LogP contribution in [0, 0.1) is 6.92 Å². The van der Waals surface area contributed by atoms with E-state index in [1.165, 1.54) is 0 Å². The number of carboxylic acid groups (broad SMARTS) is 1. The van der Waals surface area contributed by atoms with Gasteiger partial charge in [0.15, 0.2) is 10.6 Å². The third-order valence-electron chi connectivity index (χ3n) is 2.11. The van der Waals surface area contributed by atoms with Crippen LogP contribution in [0.15, 0.2) is 24.3 Å². The number of ether oxygens (including phenoxy) is 1. The van der Waals surface area contributed by atoms with Gasteiger partial charge in [-0.25, -0.2) is 9.59 Å². The summed E-state index contributed by atoms with van der Waals surface area (Å²) in [5, 5.41) is 12.3. The normalized spacial score (nSPS) is 10.1. The molecule has 0 bridgehead atoms. The summed E-state index contributed by atoms with van der Waals surface area (Å²) in [4.78, 5) is 22.3. The first-order valence-corrected chi connectivity index (χ1v) is 5.70. The van der Waals surface area contributed by atoms with Gasteiger partial charge in [-0.2, -0.15) is 0 Å². The predicted molar refractivity (Wildman–Crippen MR) is 63.0 cm³/mol. The van der Waals surface area contributed by atoms with Gasteiger partial charge < -0.3 is 9.84 Å². The summed E-state index contributed by atoms with van der Waals surface area (Å²) in [6.07, 6.45) is 0. The summed E-state index contributed by atoms with van der Waals surface area (Å²) in [5.74, 6) is -1.75. The maximum Gasteiger partial charge on any atom is 0.366 e. The van der Waals surface area contributed by atoms with Crippen LogP contribution in [0.1, 0.15) is 25.7 Å². The SMILES string of the molecule is Cc1ccc(OC(=O)c2nnsc2C(=O)O)cc1. The van der Waals surface area contributed by atoms with Gasteiger partial charge in [0.25, 0.3) is 0 Å². The van der Waals surface area contributed by atoms with Crippen LogP contribution in [0.3, 0.4) is 0 Å². The lowest BCUT2D eigenvalue weighted by Crippen LogP contribution is -2.13. The topological polar surface area (TPSA) is 89.4 Å². The Morgan fingerprint density at radius 3 is 2.56 bits per heavy atom. The van der Waals surface area contributed by atoms with E-state index in [-0.39, 0.29) is 10.6 Å². The molecule has 0 radical (unpaired) electrons. The number of carbonyl (C=O) groups is 2. The Labute approximate surface area is 106 Å². The smallest absolute Gasteiger partial charge is 0.366 e. The highest BCUT2D eigenvalue weighted by molar-refractivity contribution is 7.08. The number of aryl methyl sites for hydroxylation is 1. The molecule has 1 N–H and O–H groups in total. The summed E-state index contributed by atoms with van der Waals surface area (Å²) < 4.78 is 8.44. The number of hydrogen-bond donors (Lipinski definition) is 1. The van der Waals surface area contributed by atoms with Crippen LogP contribution in [0.4, 0.5) is 0 Å². The molecule has 2 rings (SSSR count). The molecule has 0 spiro atoms. The quantitative estimate of drug-likeness (QED) is 0.671. The predicted octanol–water partition coefficient (Wildman–Crippen LogP) is 1.76. The van der Waals surface area contributed by atoms with Crippen molar-refractivity contribution in [3.8, 4) is 5.75 Å². The molecular formula is C11H8N2O4S. The van der Waals surface area contributed by atoms with Gasteiger partial charge >= 0.3 is 11.9 Å². The van der Waals surface area contributed by atoms with E-state index in [2.05, 4.69) is 9.59 Å². The van der Waals surface area contributed by atoms with Gasteiger partial charge in [0.1, 0.15) is 5.75 Å². The third kappa shape index (κ3) is 2.51. The highest BCUT2D eigenvalue weighted by Gasteiger charge is 2.23. The molecule has 0 unspecified atom stereocenters. The maximum atomic E-state index is 11.7. The molecule has 0 saturated carbocycles. The largest absolute Gasteiger partial charge is 0.477 e. The Morgan fingerprint density at radius 2 is 1.94 bits per heavy atom. The van der Waals surface area contributed by atoms with Crippen molar-refractivity contribution < 1.29 is 19.4 Å². The van der Waals surface area contributed by atoms with E-state index in [1.807, 2.05) is 6.92 Å². The van der Waals surface area contributed by atoms with E-state index < -0.39 is 11.9 Å². The molecule has 1 heterocycles. The number of aromatic carboxylic acids is 1. The second kappa shape index (κ2) is 4.92. The molecule has 6 nitrogen and oxygen atoms in total. The van der Waals surface area contributed by atoms with Gasteiger partial charge in [0.2, 0.25) is 0 Å². The second-order valence-corrected chi connectivity index (χ2v) is 4.21. The molecule has 18 heavy (non-hydrogen) atoms. The molecule has 0 aliphatic rings. The van der Waals surface area contributed by atoms with Crippen molar-refractivity contribution in [2.45, 2.75) is 6.92 Å². The van der Waals surface area contributed by atoms with E-state index in [4.69, 9.17) is 9.84 Å². The van der Waals surface area contributed by atoms with Crippen LogP contribution < -0.4 is 4.74 Å². The Kier molecular flexibility index (Phi) is 3.33. The molecule has 1 aromatic carbocycles. The zero-order valence-corrected chi connectivity index (χ0v) is 10.1. The Hall–Kier alpha value is -2.28. The molecule has 92 valence electrons. The van der Waals surface area contributed by atoms with Crippen LogP contribution in [0.5, 0.6) is 5.75 Å². The summed E-state index contributed by atoms with van der Waals surface area (Å²) in [7, 11) is 0. The Morgan fingerprint density at radius 1 is 1.28 bits per heavy atom. The number of esters is 1. The minimum Gasteiger partial charge on any atom is -0.477 e. The van der Waals surface area contributed by atoms with Gasteiger partial charge in [-0.1, -0.05) is 22.2 Å². The number of carboxylic acids is 1. The highest BCUT2D eigenvalue weighted by Crippen LogP contribution is 2.16. The second-order valence-electron chi connectivity index (χ2n) is 3.46. The first kappa shape index (κ1) is 12.2. The van der Waals surface area contributed by atoms with Gasteiger partial charge in [-0.05, 0) is 30.6 Å². The van der Waals surface area contributed by atoms with Crippen molar-refractivity contribution in [1.82, 2.24) is 9.59 Å². The van der Waals surface area contributed by atoms with E-state index in [0.29, 0.717) is 17.3 Å². The van der Waals surface area contributed by atoms with Crippen molar-refractivity contribution in [2.75, 3.05) is 0 Å². The van der Waals surface area contributed by atoms with Gasteiger partial charge in [-0.3, -0.25) is 0 Å².